The molecule has 0 aliphatic rings. The Balaban J connectivity index is 2.46. The molecule has 0 radical (unpaired) electrons. The molecule has 0 spiro atoms. The number of carbonyl (C=O) groups excluding carboxylic acids is 1. The first-order valence-electron chi connectivity index (χ1n) is 6.74. The minimum atomic E-state index is -0.225. The van der Waals surface area contributed by atoms with Gasteiger partial charge >= 0.3 is 0 Å². The zero-order valence-corrected chi connectivity index (χ0v) is 12.2. The number of amides is 1. The van der Waals surface area contributed by atoms with Crippen molar-refractivity contribution in [1.82, 2.24) is 5.32 Å². The second kappa shape index (κ2) is 9.47. The zero-order valence-electron chi connectivity index (χ0n) is 12.2. The van der Waals surface area contributed by atoms with Crippen LogP contribution >= 0.6 is 0 Å². The summed E-state index contributed by atoms with van der Waals surface area (Å²) < 4.78 is 10.2. The van der Waals surface area contributed by atoms with Gasteiger partial charge < -0.3 is 20.5 Å². The summed E-state index contributed by atoms with van der Waals surface area (Å²) in [5.74, 6) is -0.271. The van der Waals surface area contributed by atoms with Crippen LogP contribution in [0.25, 0.3) is 0 Å². The van der Waals surface area contributed by atoms with Crippen molar-refractivity contribution in [2.24, 2.45) is 11.7 Å². The molecule has 1 rings (SSSR count). The minimum Gasteiger partial charge on any atom is -0.382 e. The highest BCUT2D eigenvalue weighted by Crippen LogP contribution is 2.08. The molecule has 0 saturated carbocycles. The highest BCUT2D eigenvalue weighted by Gasteiger charge is 2.18. The van der Waals surface area contributed by atoms with Gasteiger partial charge in [-0.3, -0.25) is 4.79 Å². The monoisotopic (exact) mass is 280 g/mol. The van der Waals surface area contributed by atoms with Gasteiger partial charge in [0.15, 0.2) is 0 Å². The zero-order chi connectivity index (χ0) is 14.8. The van der Waals surface area contributed by atoms with Crippen LogP contribution in [0.5, 0.6) is 0 Å². The summed E-state index contributed by atoms with van der Waals surface area (Å²) in [6, 6.07) is 9.87. The van der Waals surface area contributed by atoms with E-state index in [1.165, 1.54) is 0 Å². The maximum Gasteiger partial charge on any atom is 0.224 e. The number of hydrogen-bond acceptors (Lipinski definition) is 4. The lowest BCUT2D eigenvalue weighted by Crippen LogP contribution is -2.41. The van der Waals surface area contributed by atoms with E-state index in [2.05, 4.69) is 5.32 Å². The van der Waals surface area contributed by atoms with Crippen molar-refractivity contribution in [2.45, 2.75) is 12.5 Å². The van der Waals surface area contributed by atoms with Crippen LogP contribution in [0.1, 0.15) is 5.56 Å². The van der Waals surface area contributed by atoms with Crippen molar-refractivity contribution in [3.05, 3.63) is 35.9 Å². The average molecular weight is 280 g/mol. The second-order valence-electron chi connectivity index (χ2n) is 4.68. The quantitative estimate of drug-likeness (QED) is 0.694. The van der Waals surface area contributed by atoms with Crippen LogP contribution in [0.15, 0.2) is 30.3 Å². The molecule has 0 aromatic heterocycles. The van der Waals surface area contributed by atoms with Gasteiger partial charge in [-0.1, -0.05) is 30.3 Å². The van der Waals surface area contributed by atoms with E-state index >= 15 is 0 Å². The molecule has 112 valence electrons. The molecular formula is C15H24N2O3. The highest BCUT2D eigenvalue weighted by atomic mass is 16.5. The van der Waals surface area contributed by atoms with Gasteiger partial charge in [0.1, 0.15) is 0 Å². The molecule has 3 N–H and O–H groups in total. The molecule has 20 heavy (non-hydrogen) atoms. The van der Waals surface area contributed by atoms with E-state index in [-0.39, 0.29) is 17.9 Å². The predicted octanol–water partition coefficient (Wildman–Crippen LogP) is 0.582. The van der Waals surface area contributed by atoms with Crippen LogP contribution in [0.3, 0.4) is 0 Å². The van der Waals surface area contributed by atoms with Crippen LogP contribution in [-0.2, 0) is 20.7 Å². The maximum absolute atomic E-state index is 12.1. The lowest BCUT2D eigenvalue weighted by atomic mass is 9.98. The fourth-order valence-electron chi connectivity index (χ4n) is 1.94. The third kappa shape index (κ3) is 5.69. The lowest BCUT2D eigenvalue weighted by molar-refractivity contribution is -0.125. The van der Waals surface area contributed by atoms with Crippen LogP contribution in [0.2, 0.25) is 0 Å². The van der Waals surface area contributed by atoms with E-state index in [1.54, 1.807) is 14.2 Å². The molecule has 5 heteroatoms. The fourth-order valence-corrected chi connectivity index (χ4v) is 1.94. The number of carbonyl (C=O) groups is 1. The fraction of sp³-hybridized carbons (Fsp3) is 0.533. The Hall–Kier alpha value is -1.43. The van der Waals surface area contributed by atoms with Crippen molar-refractivity contribution in [3.8, 4) is 0 Å². The SMILES string of the molecule is COCC(CNC(=O)C(CN)Cc1ccccc1)OC. The number of rotatable bonds is 9. The third-order valence-electron chi connectivity index (χ3n) is 3.17. The van der Waals surface area contributed by atoms with Crippen LogP contribution in [0.4, 0.5) is 0 Å². The number of nitrogens with two attached hydrogens (primary N) is 1. The normalized spacial score (nSPS) is 13.8. The standard InChI is InChI=1S/C15H24N2O3/c1-19-11-14(20-2)10-17-15(18)13(9-16)8-12-6-4-3-5-7-12/h3-7,13-14H,8-11,16H2,1-2H3,(H,17,18). The first-order chi connectivity index (χ1) is 9.71. The first-order valence-corrected chi connectivity index (χ1v) is 6.74. The van der Waals surface area contributed by atoms with E-state index in [0.717, 1.165) is 5.56 Å². The van der Waals surface area contributed by atoms with Crippen LogP contribution in [0, 0.1) is 5.92 Å². The van der Waals surface area contributed by atoms with Crippen molar-refractivity contribution in [3.63, 3.8) is 0 Å². The Morgan fingerprint density at radius 1 is 1.30 bits per heavy atom. The third-order valence-corrected chi connectivity index (χ3v) is 3.17. The van der Waals surface area contributed by atoms with Gasteiger partial charge in [0.2, 0.25) is 5.91 Å². The molecule has 0 bridgehead atoms. The van der Waals surface area contributed by atoms with Crippen molar-refractivity contribution in [1.29, 1.82) is 0 Å². The summed E-state index contributed by atoms with van der Waals surface area (Å²) in [4.78, 5) is 12.1. The Morgan fingerprint density at radius 3 is 2.55 bits per heavy atom. The van der Waals surface area contributed by atoms with E-state index in [1.807, 2.05) is 30.3 Å². The predicted molar refractivity (Wildman–Crippen MR) is 78.4 cm³/mol. The van der Waals surface area contributed by atoms with E-state index in [0.29, 0.717) is 26.1 Å². The topological polar surface area (TPSA) is 73.6 Å². The van der Waals surface area contributed by atoms with Crippen LogP contribution in [-0.4, -0.2) is 45.9 Å². The van der Waals surface area contributed by atoms with E-state index in [9.17, 15) is 4.79 Å². The van der Waals surface area contributed by atoms with Gasteiger partial charge in [-0.25, -0.2) is 0 Å². The lowest BCUT2D eigenvalue weighted by Gasteiger charge is -2.18. The molecule has 0 fully saturated rings. The molecule has 0 aliphatic carbocycles. The number of nitrogens with one attached hydrogen (secondary N) is 1. The molecule has 5 nitrogen and oxygen atoms in total. The second-order valence-corrected chi connectivity index (χ2v) is 4.68. The summed E-state index contributed by atoms with van der Waals surface area (Å²) in [6.07, 6.45) is 0.504. The average Bonchev–Trinajstić information content (AvgIpc) is 2.49. The van der Waals surface area contributed by atoms with Gasteiger partial charge in [-0.15, -0.1) is 0 Å². The smallest absolute Gasteiger partial charge is 0.224 e. The summed E-state index contributed by atoms with van der Waals surface area (Å²) in [6.45, 7) is 1.19. The van der Waals surface area contributed by atoms with Crippen LogP contribution < -0.4 is 11.1 Å². The molecule has 1 amide bonds. The summed E-state index contributed by atoms with van der Waals surface area (Å²) in [5.41, 5.74) is 6.81. The van der Waals surface area contributed by atoms with Gasteiger partial charge in [-0.2, -0.15) is 0 Å². The van der Waals surface area contributed by atoms with Gasteiger partial charge in [0, 0.05) is 27.3 Å². The molecular weight excluding hydrogens is 256 g/mol. The summed E-state index contributed by atoms with van der Waals surface area (Å²) in [7, 11) is 3.20. The summed E-state index contributed by atoms with van der Waals surface area (Å²) >= 11 is 0. The molecule has 0 aliphatic heterocycles. The number of benzene rings is 1. The Labute approximate surface area is 120 Å². The Kier molecular flexibility index (Phi) is 7.87. The van der Waals surface area contributed by atoms with Gasteiger partial charge in [0.25, 0.3) is 0 Å². The molecule has 1 aromatic rings. The van der Waals surface area contributed by atoms with Crippen molar-refractivity contribution in [2.75, 3.05) is 33.9 Å². The summed E-state index contributed by atoms with van der Waals surface area (Å²) in [5, 5.41) is 2.87. The molecule has 0 heterocycles. The highest BCUT2D eigenvalue weighted by molar-refractivity contribution is 5.79. The van der Waals surface area contributed by atoms with Crippen molar-refractivity contribution < 1.29 is 14.3 Å². The van der Waals surface area contributed by atoms with Gasteiger partial charge in [0.05, 0.1) is 18.6 Å². The molecule has 1 aromatic carbocycles. The molecule has 2 unspecified atom stereocenters. The van der Waals surface area contributed by atoms with E-state index < -0.39 is 0 Å². The molecule has 0 saturated heterocycles. The van der Waals surface area contributed by atoms with E-state index in [4.69, 9.17) is 15.2 Å². The molecule has 2 atom stereocenters. The first kappa shape index (κ1) is 16.6. The largest absolute Gasteiger partial charge is 0.382 e. The maximum atomic E-state index is 12.1. The number of hydrogen-bond donors (Lipinski definition) is 2. The van der Waals surface area contributed by atoms with Crippen molar-refractivity contribution >= 4 is 5.91 Å². The minimum absolute atomic E-state index is 0.0468. The Morgan fingerprint density at radius 2 is 2.00 bits per heavy atom. The number of methoxy groups -OCH3 is 2. The number of ether oxygens (including phenoxy) is 2. The Bertz CT molecular complexity index is 384. The van der Waals surface area contributed by atoms with Gasteiger partial charge in [-0.05, 0) is 12.0 Å².